The monoisotopic (exact) mass is 285 g/mol. The lowest BCUT2D eigenvalue weighted by molar-refractivity contribution is 0.0690. The molecule has 0 unspecified atom stereocenters. The minimum absolute atomic E-state index is 0.107. The van der Waals surface area contributed by atoms with Crippen LogP contribution in [0.1, 0.15) is 10.5 Å². The molecule has 0 fully saturated rings. The van der Waals surface area contributed by atoms with Crippen molar-refractivity contribution in [1.82, 2.24) is 24.5 Å². The van der Waals surface area contributed by atoms with E-state index in [1.54, 1.807) is 0 Å². The van der Waals surface area contributed by atoms with Gasteiger partial charge in [-0.1, -0.05) is 16.8 Å². The van der Waals surface area contributed by atoms with Gasteiger partial charge in [-0.05, 0) is 0 Å². The zero-order valence-electron chi connectivity index (χ0n) is 9.41. The van der Waals surface area contributed by atoms with E-state index in [1.165, 1.54) is 21.6 Å². The summed E-state index contributed by atoms with van der Waals surface area (Å²) in [5, 5.41) is 15.6. The second-order valence-corrected chi connectivity index (χ2v) is 4.01. The van der Waals surface area contributed by atoms with Crippen LogP contribution in [-0.2, 0) is 13.1 Å². The lowest BCUT2D eigenvalue weighted by atomic mass is 10.5. The Morgan fingerprint density at radius 3 is 2.74 bits per heavy atom. The highest BCUT2D eigenvalue weighted by Gasteiger charge is 2.08. The molecule has 2 aromatic heterocycles. The maximum absolute atomic E-state index is 11.4. The number of carboxylic acids is 1. The summed E-state index contributed by atoms with van der Waals surface area (Å²) in [4.78, 5) is 35.1. The van der Waals surface area contributed by atoms with Crippen LogP contribution in [0.4, 0.5) is 0 Å². The first-order valence-electron chi connectivity index (χ1n) is 5.10. The molecule has 2 aromatic rings. The minimum atomic E-state index is -1.18. The maximum Gasteiger partial charge on any atom is 0.358 e. The van der Waals surface area contributed by atoms with Crippen LogP contribution in [0.5, 0.6) is 0 Å². The first-order chi connectivity index (χ1) is 8.97. The average molecular weight is 286 g/mol. The van der Waals surface area contributed by atoms with Crippen molar-refractivity contribution in [2.45, 2.75) is 13.1 Å². The van der Waals surface area contributed by atoms with Crippen LogP contribution < -0.4 is 11.2 Å². The molecule has 0 aromatic carbocycles. The number of aryl methyl sites for hydroxylation is 2. The van der Waals surface area contributed by atoms with Crippen molar-refractivity contribution in [3.05, 3.63) is 43.9 Å². The molecular weight excluding hydrogens is 278 g/mol. The fraction of sp³-hybridized carbons (Fsp3) is 0.222. The Bertz CT molecular complexity index is 731. The highest BCUT2D eigenvalue weighted by atomic mass is 35.5. The van der Waals surface area contributed by atoms with Gasteiger partial charge in [-0.3, -0.25) is 14.3 Å². The molecule has 2 rings (SSSR count). The number of H-pyrrole nitrogens is 1. The number of carbonyl (C=O) groups is 1. The minimum Gasteiger partial charge on any atom is -0.476 e. The molecule has 10 heteroatoms. The van der Waals surface area contributed by atoms with Crippen molar-refractivity contribution in [1.29, 1.82) is 0 Å². The molecule has 0 spiro atoms. The van der Waals surface area contributed by atoms with Crippen LogP contribution in [0.3, 0.4) is 0 Å². The molecule has 0 aliphatic rings. The van der Waals surface area contributed by atoms with Crippen molar-refractivity contribution in [3.63, 3.8) is 0 Å². The van der Waals surface area contributed by atoms with Crippen molar-refractivity contribution < 1.29 is 9.90 Å². The Balaban J connectivity index is 2.14. The van der Waals surface area contributed by atoms with Gasteiger partial charge in [-0.2, -0.15) is 0 Å². The average Bonchev–Trinajstić information content (AvgIpc) is 2.81. The number of rotatable bonds is 4. The van der Waals surface area contributed by atoms with Gasteiger partial charge in [0.15, 0.2) is 5.69 Å². The highest BCUT2D eigenvalue weighted by molar-refractivity contribution is 6.30. The van der Waals surface area contributed by atoms with Crippen LogP contribution in [-0.4, -0.2) is 35.6 Å². The molecule has 0 saturated heterocycles. The maximum atomic E-state index is 11.4. The van der Waals surface area contributed by atoms with Gasteiger partial charge in [-0.15, -0.1) is 5.10 Å². The largest absolute Gasteiger partial charge is 0.476 e. The molecule has 9 nitrogen and oxygen atoms in total. The Hall–Kier alpha value is -2.42. The van der Waals surface area contributed by atoms with Gasteiger partial charge in [0, 0.05) is 12.7 Å². The number of aromatic carboxylic acids is 1. The molecule has 2 N–H and O–H groups in total. The lowest BCUT2D eigenvalue weighted by Crippen LogP contribution is -2.30. The number of hydrogen-bond acceptors (Lipinski definition) is 5. The van der Waals surface area contributed by atoms with E-state index < -0.39 is 17.2 Å². The lowest BCUT2D eigenvalue weighted by Gasteiger charge is -2.04. The first kappa shape index (κ1) is 13.0. The molecule has 19 heavy (non-hydrogen) atoms. The van der Waals surface area contributed by atoms with Crippen molar-refractivity contribution >= 4 is 17.6 Å². The molecule has 100 valence electrons. The normalized spacial score (nSPS) is 10.6. The van der Waals surface area contributed by atoms with Gasteiger partial charge >= 0.3 is 11.7 Å². The molecule has 0 atom stereocenters. The summed E-state index contributed by atoms with van der Waals surface area (Å²) in [5.74, 6) is -1.18. The zero-order chi connectivity index (χ0) is 14.0. The number of nitrogens with zero attached hydrogens (tertiary/aromatic N) is 4. The van der Waals surface area contributed by atoms with E-state index in [0.717, 1.165) is 0 Å². The first-order valence-corrected chi connectivity index (χ1v) is 5.48. The third-order valence-electron chi connectivity index (χ3n) is 2.30. The summed E-state index contributed by atoms with van der Waals surface area (Å²) in [6, 6.07) is 0. The van der Waals surface area contributed by atoms with Crippen molar-refractivity contribution in [2.75, 3.05) is 0 Å². The summed E-state index contributed by atoms with van der Waals surface area (Å²) < 4.78 is 2.46. The van der Waals surface area contributed by atoms with Crippen molar-refractivity contribution in [3.8, 4) is 0 Å². The van der Waals surface area contributed by atoms with Gasteiger partial charge in [0.25, 0.3) is 5.56 Å². The van der Waals surface area contributed by atoms with E-state index in [0.29, 0.717) is 0 Å². The molecular formula is C9H8ClN5O4. The second kappa shape index (κ2) is 5.06. The fourth-order valence-electron chi connectivity index (χ4n) is 1.36. The number of nitrogens with one attached hydrogen (secondary N) is 1. The van der Waals surface area contributed by atoms with Crippen LogP contribution in [0.2, 0.25) is 5.02 Å². The summed E-state index contributed by atoms with van der Waals surface area (Å²) in [7, 11) is 0. The molecule has 0 aliphatic carbocycles. The zero-order valence-corrected chi connectivity index (χ0v) is 10.2. The molecule has 2 heterocycles. The van der Waals surface area contributed by atoms with Crippen LogP contribution in [0, 0.1) is 0 Å². The number of aromatic amines is 1. The number of hydrogen-bond donors (Lipinski definition) is 2. The standard InChI is InChI=1S/C9H8ClN5O4/c10-5-3-14(9(19)11-7(5)16)1-2-15-4-6(8(17)18)12-13-15/h3-4H,1-2H2,(H,17,18)(H,11,16,19). The number of carboxylic acid groups (broad SMARTS) is 1. The summed E-state index contributed by atoms with van der Waals surface area (Å²) >= 11 is 5.60. The molecule has 0 saturated carbocycles. The van der Waals surface area contributed by atoms with Gasteiger partial charge in [0.1, 0.15) is 5.02 Å². The van der Waals surface area contributed by atoms with E-state index in [2.05, 4.69) is 10.3 Å². The van der Waals surface area contributed by atoms with Gasteiger partial charge < -0.3 is 5.11 Å². The smallest absolute Gasteiger partial charge is 0.358 e. The summed E-state index contributed by atoms with van der Waals surface area (Å²) in [5.41, 5.74) is -1.45. The summed E-state index contributed by atoms with van der Waals surface area (Å²) in [6.45, 7) is 0.375. The quantitative estimate of drug-likeness (QED) is 0.756. The van der Waals surface area contributed by atoms with E-state index >= 15 is 0 Å². The van der Waals surface area contributed by atoms with Crippen LogP contribution >= 0.6 is 11.6 Å². The van der Waals surface area contributed by atoms with E-state index in [-0.39, 0.29) is 23.8 Å². The van der Waals surface area contributed by atoms with Crippen LogP contribution in [0.15, 0.2) is 22.0 Å². The van der Waals surface area contributed by atoms with Gasteiger partial charge in [0.05, 0.1) is 12.7 Å². The van der Waals surface area contributed by atoms with E-state index in [9.17, 15) is 14.4 Å². The number of halogens is 1. The fourth-order valence-corrected chi connectivity index (χ4v) is 1.53. The van der Waals surface area contributed by atoms with Gasteiger partial charge in [-0.25, -0.2) is 14.3 Å². The Kier molecular flexibility index (Phi) is 3.47. The predicted molar refractivity (Wildman–Crippen MR) is 63.3 cm³/mol. The molecule has 0 radical (unpaired) electrons. The number of aromatic nitrogens is 5. The predicted octanol–water partition coefficient (Wildman–Crippen LogP) is -0.820. The Morgan fingerprint density at radius 1 is 1.37 bits per heavy atom. The third kappa shape index (κ3) is 2.88. The van der Waals surface area contributed by atoms with Crippen LogP contribution in [0.25, 0.3) is 0 Å². The Morgan fingerprint density at radius 2 is 2.11 bits per heavy atom. The molecule has 0 bridgehead atoms. The van der Waals surface area contributed by atoms with Crippen molar-refractivity contribution in [2.24, 2.45) is 0 Å². The van der Waals surface area contributed by atoms with Gasteiger partial charge in [0.2, 0.25) is 0 Å². The topological polar surface area (TPSA) is 123 Å². The SMILES string of the molecule is O=C(O)c1cn(CCn2cc(Cl)c(=O)[nH]c2=O)nn1. The molecule has 0 amide bonds. The van der Waals surface area contributed by atoms with E-state index in [1.807, 2.05) is 4.98 Å². The third-order valence-corrected chi connectivity index (χ3v) is 2.56. The Labute approximate surface area is 110 Å². The van der Waals surface area contributed by atoms with E-state index in [4.69, 9.17) is 16.7 Å². The second-order valence-electron chi connectivity index (χ2n) is 3.60. The summed E-state index contributed by atoms with van der Waals surface area (Å²) in [6.07, 6.45) is 2.44. The highest BCUT2D eigenvalue weighted by Crippen LogP contribution is 1.97. The molecule has 0 aliphatic heterocycles.